The van der Waals surface area contributed by atoms with Crippen molar-refractivity contribution in [2.24, 2.45) is 9.98 Å². The standard InChI is InChI=1S/C36H30BF2N3O4/c1-43-27-13-5-23(6-14-27)31-21-33(25-9-17-29(45-3)18-10-25)40-35(31)41-36-32(24-7-15-28(44-2)16-8-24)22-34(42(36)37(38)39)26-11-19-30(46-4)20-12-26/h5-22H,1-4H3/b41-35-. The largest absolute Gasteiger partial charge is 0.679 e. The third-order valence-electron chi connectivity index (χ3n) is 7.74. The van der Waals surface area contributed by atoms with Gasteiger partial charge in [0.25, 0.3) is 0 Å². The number of nitrogens with zero attached hydrogens (tertiary/aromatic N) is 3. The quantitative estimate of drug-likeness (QED) is 0.148. The van der Waals surface area contributed by atoms with Crippen molar-refractivity contribution >= 4 is 30.3 Å². The van der Waals surface area contributed by atoms with Gasteiger partial charge in [-0.3, -0.25) is 8.63 Å². The van der Waals surface area contributed by atoms with E-state index in [0.29, 0.717) is 62.5 Å². The third kappa shape index (κ3) is 6.02. The van der Waals surface area contributed by atoms with Crippen LogP contribution in [-0.4, -0.2) is 51.9 Å². The second-order valence-corrected chi connectivity index (χ2v) is 10.3. The molecular weight excluding hydrogens is 587 g/mol. The number of aliphatic imine (C=N–C) groups is 2. The van der Waals surface area contributed by atoms with Crippen LogP contribution in [0.15, 0.2) is 119 Å². The number of aromatic nitrogens is 1. The zero-order chi connectivity index (χ0) is 32.2. The van der Waals surface area contributed by atoms with Gasteiger partial charge in [0.1, 0.15) is 28.8 Å². The van der Waals surface area contributed by atoms with E-state index >= 15 is 8.63 Å². The molecule has 1 aliphatic rings. The third-order valence-corrected chi connectivity index (χ3v) is 7.74. The maximum Gasteiger partial charge on any atom is 0.679 e. The molecule has 230 valence electrons. The van der Waals surface area contributed by atoms with Gasteiger partial charge in [-0.2, -0.15) is 0 Å². The van der Waals surface area contributed by atoms with Crippen LogP contribution in [0.5, 0.6) is 23.0 Å². The summed E-state index contributed by atoms with van der Waals surface area (Å²) in [5.41, 5.74) is 5.06. The van der Waals surface area contributed by atoms with E-state index in [2.05, 4.69) is 0 Å². The van der Waals surface area contributed by atoms with Crippen LogP contribution in [0.1, 0.15) is 11.1 Å². The van der Waals surface area contributed by atoms with E-state index in [1.807, 2.05) is 66.7 Å². The highest BCUT2D eigenvalue weighted by Crippen LogP contribution is 2.41. The van der Waals surface area contributed by atoms with Gasteiger partial charge < -0.3 is 23.4 Å². The van der Waals surface area contributed by atoms with E-state index in [0.717, 1.165) is 15.6 Å². The molecule has 0 unspecified atom stereocenters. The second-order valence-electron chi connectivity index (χ2n) is 10.3. The number of benzene rings is 4. The van der Waals surface area contributed by atoms with Crippen LogP contribution in [0.4, 0.5) is 14.4 Å². The van der Waals surface area contributed by atoms with Crippen molar-refractivity contribution in [2.45, 2.75) is 0 Å². The summed E-state index contributed by atoms with van der Waals surface area (Å²) in [5.74, 6) is 3.03. The van der Waals surface area contributed by atoms with E-state index in [9.17, 15) is 0 Å². The Kier molecular flexibility index (Phi) is 8.69. The number of allylic oxidation sites excluding steroid dienone is 1. The molecule has 0 saturated carbocycles. The zero-order valence-electron chi connectivity index (χ0n) is 25.7. The van der Waals surface area contributed by atoms with Gasteiger partial charge in [0.2, 0.25) is 0 Å². The fraction of sp³-hybridized carbons (Fsp3) is 0.111. The predicted octanol–water partition coefficient (Wildman–Crippen LogP) is 8.25. The molecule has 6 rings (SSSR count). The molecule has 0 aliphatic carbocycles. The van der Waals surface area contributed by atoms with Crippen LogP contribution in [0, 0.1) is 0 Å². The molecule has 0 N–H and O–H groups in total. The summed E-state index contributed by atoms with van der Waals surface area (Å²) in [6.45, 7) is 0. The maximum absolute atomic E-state index is 15.1. The first kappa shape index (κ1) is 30.4. The van der Waals surface area contributed by atoms with E-state index in [1.165, 1.54) is 0 Å². The van der Waals surface area contributed by atoms with Crippen LogP contribution in [-0.2, 0) is 0 Å². The van der Waals surface area contributed by atoms with Gasteiger partial charge in [-0.25, -0.2) is 9.98 Å². The average Bonchev–Trinajstić information content (AvgIpc) is 3.71. The molecule has 5 aromatic rings. The van der Waals surface area contributed by atoms with Crippen molar-refractivity contribution < 1.29 is 27.6 Å². The SMILES string of the molecule is COc1ccc(C2=CC(c3ccc(OC)cc3)=N/C2=N\c2c(-c3ccc(OC)cc3)cc(-c3ccc(OC)cc3)n2B(F)F)cc1. The van der Waals surface area contributed by atoms with Crippen molar-refractivity contribution in [2.75, 3.05) is 28.4 Å². The van der Waals surface area contributed by atoms with Crippen LogP contribution in [0.25, 0.3) is 28.0 Å². The minimum Gasteiger partial charge on any atom is -0.497 e. The topological polar surface area (TPSA) is 66.6 Å². The molecular formula is C36H30BF2N3O4. The van der Waals surface area contributed by atoms with Gasteiger partial charge in [0.05, 0.1) is 34.2 Å². The first-order chi connectivity index (χ1) is 22.4. The van der Waals surface area contributed by atoms with E-state index in [4.69, 9.17) is 28.9 Å². The Hall–Kier alpha value is -5.64. The van der Waals surface area contributed by atoms with Crippen molar-refractivity contribution in [3.8, 4) is 45.4 Å². The summed E-state index contributed by atoms with van der Waals surface area (Å²) < 4.78 is 52.5. The first-order valence-electron chi connectivity index (χ1n) is 14.4. The molecule has 0 atom stereocenters. The van der Waals surface area contributed by atoms with E-state index in [-0.39, 0.29) is 5.82 Å². The van der Waals surface area contributed by atoms with Crippen molar-refractivity contribution in [3.63, 3.8) is 0 Å². The number of hydrogen-bond donors (Lipinski definition) is 0. The summed E-state index contributed by atoms with van der Waals surface area (Å²) in [5, 5.41) is 0. The normalized spacial score (nSPS) is 13.3. The Morgan fingerprint density at radius 3 is 1.48 bits per heavy atom. The lowest BCUT2D eigenvalue weighted by Gasteiger charge is -2.11. The Labute approximate surface area is 266 Å². The number of methoxy groups -OCH3 is 4. The van der Waals surface area contributed by atoms with Crippen molar-refractivity contribution in [1.29, 1.82) is 0 Å². The highest BCUT2D eigenvalue weighted by atomic mass is 19.2. The minimum absolute atomic E-state index is 0.0696. The monoisotopic (exact) mass is 617 g/mol. The maximum atomic E-state index is 15.1. The molecule has 1 aromatic heterocycles. The Balaban J connectivity index is 1.57. The molecule has 0 bridgehead atoms. The number of rotatable bonds is 10. The Bertz CT molecular complexity index is 1930. The van der Waals surface area contributed by atoms with E-state index in [1.54, 1.807) is 70.9 Å². The summed E-state index contributed by atoms with van der Waals surface area (Å²) in [6.07, 6.45) is 1.91. The molecule has 2 heterocycles. The molecule has 0 radical (unpaired) electrons. The molecule has 0 amide bonds. The van der Waals surface area contributed by atoms with Crippen molar-refractivity contribution in [3.05, 3.63) is 120 Å². The van der Waals surface area contributed by atoms with Crippen LogP contribution >= 0.6 is 0 Å². The minimum atomic E-state index is -2.90. The molecule has 7 nitrogen and oxygen atoms in total. The van der Waals surface area contributed by atoms with Crippen molar-refractivity contribution in [1.82, 2.24) is 4.48 Å². The fourth-order valence-corrected chi connectivity index (χ4v) is 5.28. The summed E-state index contributed by atoms with van der Waals surface area (Å²) in [7, 11) is 3.44. The number of hydrogen-bond acceptors (Lipinski definition) is 5. The smallest absolute Gasteiger partial charge is 0.497 e. The molecule has 1 aliphatic heterocycles. The van der Waals surface area contributed by atoms with E-state index < -0.39 is 7.40 Å². The first-order valence-corrected chi connectivity index (χ1v) is 14.4. The number of ether oxygens (including phenoxy) is 4. The summed E-state index contributed by atoms with van der Waals surface area (Å²) >= 11 is 0. The van der Waals surface area contributed by atoms with Gasteiger partial charge in [-0.15, -0.1) is 0 Å². The van der Waals surface area contributed by atoms with Crippen LogP contribution in [0.3, 0.4) is 0 Å². The average molecular weight is 617 g/mol. The lowest BCUT2D eigenvalue weighted by atomic mass is 10.0. The van der Waals surface area contributed by atoms with Gasteiger partial charge in [-0.1, -0.05) is 24.3 Å². The van der Waals surface area contributed by atoms with Gasteiger partial charge in [0, 0.05) is 22.4 Å². The van der Waals surface area contributed by atoms with Gasteiger partial charge >= 0.3 is 7.40 Å². The second kappa shape index (κ2) is 13.2. The fourth-order valence-electron chi connectivity index (χ4n) is 5.28. The molecule has 4 aromatic carbocycles. The van der Waals surface area contributed by atoms with Gasteiger partial charge in [-0.05, 0) is 102 Å². The zero-order valence-corrected chi connectivity index (χ0v) is 25.7. The molecule has 0 spiro atoms. The summed E-state index contributed by atoms with van der Waals surface area (Å²) in [6, 6.07) is 30.9. The Morgan fingerprint density at radius 2 is 1.02 bits per heavy atom. The molecule has 0 saturated heterocycles. The number of halogens is 2. The number of amidine groups is 1. The van der Waals surface area contributed by atoms with Crippen LogP contribution < -0.4 is 18.9 Å². The lowest BCUT2D eigenvalue weighted by molar-refractivity contribution is 0.414. The highest BCUT2D eigenvalue weighted by Gasteiger charge is 2.30. The van der Waals surface area contributed by atoms with Crippen LogP contribution in [0.2, 0.25) is 0 Å². The summed E-state index contributed by atoms with van der Waals surface area (Å²) in [4.78, 5) is 9.80. The molecule has 10 heteroatoms. The lowest BCUT2D eigenvalue weighted by Crippen LogP contribution is -2.14. The molecule has 0 fully saturated rings. The van der Waals surface area contributed by atoms with Gasteiger partial charge in [0.15, 0.2) is 5.84 Å². The molecule has 46 heavy (non-hydrogen) atoms. The Morgan fingerprint density at radius 1 is 0.587 bits per heavy atom. The highest BCUT2D eigenvalue weighted by molar-refractivity contribution is 6.43. The predicted molar refractivity (Wildman–Crippen MR) is 179 cm³/mol.